The van der Waals surface area contributed by atoms with Crippen LogP contribution in [0.3, 0.4) is 0 Å². The molecule has 0 saturated carbocycles. The van der Waals surface area contributed by atoms with E-state index in [1.165, 1.54) is 18.3 Å². The van der Waals surface area contributed by atoms with Gasteiger partial charge in [-0.1, -0.05) is 12.1 Å². The molecule has 0 amide bonds. The Bertz CT molecular complexity index is 1720. The number of nitriles is 1. The summed E-state index contributed by atoms with van der Waals surface area (Å²) in [4.78, 5) is 27.9. The number of carbonyl (C=O) groups is 1. The Morgan fingerprint density at radius 1 is 0.974 bits per heavy atom. The average molecular weight is 512 g/mol. The van der Waals surface area contributed by atoms with E-state index < -0.39 is 11.7 Å². The van der Waals surface area contributed by atoms with Gasteiger partial charge >= 0.3 is 0 Å². The van der Waals surface area contributed by atoms with Gasteiger partial charge in [-0.15, -0.1) is 0 Å². The smallest absolute Gasteiger partial charge is 0.272 e. The lowest BCUT2D eigenvalue weighted by Crippen LogP contribution is -2.11. The number of carbonyl (C=O) groups excluding carboxylic acids is 1. The highest BCUT2D eigenvalue weighted by Crippen LogP contribution is 2.30. The summed E-state index contributed by atoms with van der Waals surface area (Å²) in [5, 5.41) is 9.85. The van der Waals surface area contributed by atoms with Gasteiger partial charge in [0, 0.05) is 77.9 Å². The first kappa shape index (κ1) is 24.8. The minimum Gasteiger partial charge on any atom is -0.339 e. The minimum absolute atomic E-state index is 0.0426. The van der Waals surface area contributed by atoms with Crippen molar-refractivity contribution in [1.82, 2.24) is 19.9 Å². The molecule has 4 aromatic heterocycles. The van der Waals surface area contributed by atoms with Crippen LogP contribution in [0.15, 0.2) is 73.3 Å². The highest BCUT2D eigenvalue weighted by atomic mass is 19.3. The maximum Gasteiger partial charge on any atom is 0.272 e. The van der Waals surface area contributed by atoms with Gasteiger partial charge in [-0.25, -0.2) is 23.1 Å². The third kappa shape index (κ3) is 5.30. The SMILES string of the molecule is CC(F)(F)c1cncc(CC(=O)Cc2ccc(-c3cnc4[nH]c(-c5ccnc(C#N)c5)cc4c3)c(F)c2)c1. The van der Waals surface area contributed by atoms with Crippen LogP contribution in [-0.2, 0) is 23.6 Å². The Kier molecular flexibility index (Phi) is 6.47. The summed E-state index contributed by atoms with van der Waals surface area (Å²) < 4.78 is 42.2. The number of nitrogens with zero attached hydrogens (tertiary/aromatic N) is 4. The van der Waals surface area contributed by atoms with Gasteiger partial charge < -0.3 is 4.98 Å². The number of fused-ring (bicyclic) bond motifs is 1. The normalized spacial score (nSPS) is 11.4. The first-order valence-electron chi connectivity index (χ1n) is 11.7. The first-order chi connectivity index (χ1) is 18.2. The number of pyridine rings is 3. The zero-order valence-electron chi connectivity index (χ0n) is 20.2. The van der Waals surface area contributed by atoms with Gasteiger partial charge in [-0.05, 0) is 47.5 Å². The van der Waals surface area contributed by atoms with Crippen LogP contribution in [0, 0.1) is 17.1 Å². The Morgan fingerprint density at radius 2 is 1.79 bits per heavy atom. The topological polar surface area (TPSA) is 95.3 Å². The second-order valence-electron chi connectivity index (χ2n) is 9.06. The number of ketones is 1. The number of alkyl halides is 2. The van der Waals surface area contributed by atoms with E-state index in [-0.39, 0.29) is 24.2 Å². The van der Waals surface area contributed by atoms with E-state index in [4.69, 9.17) is 5.26 Å². The molecule has 0 aliphatic carbocycles. The molecule has 6 nitrogen and oxygen atoms in total. The zero-order valence-corrected chi connectivity index (χ0v) is 20.2. The molecule has 0 radical (unpaired) electrons. The molecule has 0 unspecified atom stereocenters. The van der Waals surface area contributed by atoms with Crippen LogP contribution in [0.1, 0.15) is 29.3 Å². The molecule has 5 rings (SSSR count). The summed E-state index contributed by atoms with van der Waals surface area (Å²) in [6, 6.07) is 14.9. The van der Waals surface area contributed by atoms with Crippen LogP contribution in [0.4, 0.5) is 13.2 Å². The van der Waals surface area contributed by atoms with Crippen LogP contribution in [0.25, 0.3) is 33.4 Å². The number of hydrogen-bond acceptors (Lipinski definition) is 5. The number of aromatic amines is 1. The van der Waals surface area contributed by atoms with E-state index in [0.717, 1.165) is 29.8 Å². The van der Waals surface area contributed by atoms with Gasteiger partial charge in [0.15, 0.2) is 0 Å². The Morgan fingerprint density at radius 3 is 2.55 bits per heavy atom. The van der Waals surface area contributed by atoms with Crippen molar-refractivity contribution in [3.8, 4) is 28.5 Å². The average Bonchev–Trinajstić information content (AvgIpc) is 3.32. The second-order valence-corrected chi connectivity index (χ2v) is 9.06. The maximum atomic E-state index is 15.1. The fraction of sp³-hybridized carbons (Fsp3) is 0.138. The van der Waals surface area contributed by atoms with Crippen LogP contribution >= 0.6 is 0 Å². The van der Waals surface area contributed by atoms with Crippen LogP contribution in [0.5, 0.6) is 0 Å². The van der Waals surface area contributed by atoms with Gasteiger partial charge in [0.2, 0.25) is 0 Å². The van der Waals surface area contributed by atoms with Crippen LogP contribution in [-0.4, -0.2) is 25.7 Å². The molecule has 9 heteroatoms. The third-order valence-corrected chi connectivity index (χ3v) is 6.10. The molecular formula is C29H20F3N5O. The molecule has 0 spiro atoms. The summed E-state index contributed by atoms with van der Waals surface area (Å²) >= 11 is 0. The quantitative estimate of drug-likeness (QED) is 0.282. The maximum absolute atomic E-state index is 15.1. The highest BCUT2D eigenvalue weighted by molar-refractivity contribution is 5.87. The van der Waals surface area contributed by atoms with Gasteiger partial charge in [-0.2, -0.15) is 5.26 Å². The van der Waals surface area contributed by atoms with E-state index in [1.54, 1.807) is 36.7 Å². The van der Waals surface area contributed by atoms with Gasteiger partial charge in [0.1, 0.15) is 29.0 Å². The number of Topliss-reactive ketones (excluding diaryl/α,β-unsaturated/α-hetero) is 1. The van der Waals surface area contributed by atoms with E-state index in [2.05, 4.69) is 19.9 Å². The Hall–Kier alpha value is -4.84. The number of hydrogen-bond donors (Lipinski definition) is 1. The number of benzene rings is 1. The minimum atomic E-state index is -3.05. The zero-order chi connectivity index (χ0) is 26.9. The third-order valence-electron chi connectivity index (χ3n) is 6.10. The first-order valence-corrected chi connectivity index (χ1v) is 11.7. The van der Waals surface area contributed by atoms with Crippen molar-refractivity contribution in [3.05, 3.63) is 102 Å². The van der Waals surface area contributed by atoms with Crippen molar-refractivity contribution in [1.29, 1.82) is 5.26 Å². The monoisotopic (exact) mass is 511 g/mol. The molecule has 0 fully saturated rings. The van der Waals surface area contributed by atoms with Crippen molar-refractivity contribution in [3.63, 3.8) is 0 Å². The lowest BCUT2D eigenvalue weighted by Gasteiger charge is -2.11. The summed E-state index contributed by atoms with van der Waals surface area (Å²) in [5.41, 5.74) is 3.93. The van der Waals surface area contributed by atoms with Crippen molar-refractivity contribution in [2.45, 2.75) is 25.7 Å². The van der Waals surface area contributed by atoms with Gasteiger partial charge in [0.25, 0.3) is 5.92 Å². The lowest BCUT2D eigenvalue weighted by molar-refractivity contribution is -0.117. The molecule has 0 saturated heterocycles. The van der Waals surface area contributed by atoms with Crippen LogP contribution < -0.4 is 0 Å². The molecule has 0 aliphatic rings. The number of halogens is 3. The van der Waals surface area contributed by atoms with Crippen LogP contribution in [0.2, 0.25) is 0 Å². The number of H-pyrrole nitrogens is 1. The summed E-state index contributed by atoms with van der Waals surface area (Å²) in [7, 11) is 0. The second kappa shape index (κ2) is 9.90. The van der Waals surface area contributed by atoms with Gasteiger partial charge in [-0.3, -0.25) is 9.78 Å². The van der Waals surface area contributed by atoms with Gasteiger partial charge in [0.05, 0.1) is 0 Å². The number of aromatic nitrogens is 4. The van der Waals surface area contributed by atoms with E-state index in [1.807, 2.05) is 18.2 Å². The molecule has 0 bridgehead atoms. The predicted molar refractivity (Wildman–Crippen MR) is 136 cm³/mol. The fourth-order valence-electron chi connectivity index (χ4n) is 4.22. The van der Waals surface area contributed by atoms with Crippen molar-refractivity contribution in [2.75, 3.05) is 0 Å². The molecule has 1 aromatic carbocycles. The number of nitrogens with one attached hydrogen (secondary N) is 1. The summed E-state index contributed by atoms with van der Waals surface area (Å²) in [6.45, 7) is 0.772. The lowest BCUT2D eigenvalue weighted by atomic mass is 9.99. The van der Waals surface area contributed by atoms with E-state index in [0.29, 0.717) is 33.6 Å². The largest absolute Gasteiger partial charge is 0.339 e. The molecule has 38 heavy (non-hydrogen) atoms. The molecule has 4 heterocycles. The summed E-state index contributed by atoms with van der Waals surface area (Å²) in [5.74, 6) is -3.80. The van der Waals surface area contributed by atoms with E-state index in [9.17, 15) is 13.6 Å². The predicted octanol–water partition coefficient (Wildman–Crippen LogP) is 6.16. The molecule has 0 atom stereocenters. The Balaban J connectivity index is 1.33. The molecule has 188 valence electrons. The molecule has 0 aliphatic heterocycles. The van der Waals surface area contributed by atoms with Crippen molar-refractivity contribution >= 4 is 16.8 Å². The molecular weight excluding hydrogens is 491 g/mol. The summed E-state index contributed by atoms with van der Waals surface area (Å²) in [6.07, 6.45) is 5.44. The highest BCUT2D eigenvalue weighted by Gasteiger charge is 2.25. The fourth-order valence-corrected chi connectivity index (χ4v) is 4.22. The standard InChI is InChI=1S/C29H20F3N5O/c1-29(31,32)22-6-18(14-34-16-22)8-24(38)7-17-2-3-25(26(30)9-17)21-10-20-12-27(37-28(20)36-15-21)19-4-5-35-23(11-19)13-33/h2-6,9-12,14-16H,7-8H2,1H3,(H,36,37). The number of rotatable bonds is 7. The molecule has 5 aromatic rings. The Labute approximate surface area is 215 Å². The van der Waals surface area contributed by atoms with E-state index >= 15 is 4.39 Å². The van der Waals surface area contributed by atoms with Crippen molar-refractivity contribution < 1.29 is 18.0 Å². The van der Waals surface area contributed by atoms with Crippen molar-refractivity contribution in [2.24, 2.45) is 0 Å². The molecule has 1 N–H and O–H groups in total.